The third-order valence-corrected chi connectivity index (χ3v) is 8.01. The van der Waals surface area contributed by atoms with Crippen LogP contribution >= 0.6 is 0 Å². The Kier molecular flexibility index (Phi) is 5.02. The van der Waals surface area contributed by atoms with Crippen molar-refractivity contribution in [2.75, 3.05) is 55.7 Å². The minimum Gasteiger partial charge on any atom is -0.353 e. The van der Waals surface area contributed by atoms with Crippen LogP contribution in [-0.4, -0.2) is 85.4 Å². The number of pyridine rings is 1. The minimum atomic E-state index is -3.15. The smallest absolute Gasteiger partial charge is 0.223 e. The van der Waals surface area contributed by atoms with E-state index in [0.29, 0.717) is 58.1 Å². The van der Waals surface area contributed by atoms with Gasteiger partial charge in [-0.3, -0.25) is 0 Å². The molecule has 3 fully saturated rings. The molecule has 0 radical (unpaired) electrons. The molecule has 0 aromatic carbocycles. The lowest BCUT2D eigenvalue weighted by molar-refractivity contribution is 0.121. The molecule has 0 aliphatic carbocycles. The maximum atomic E-state index is 14.3. The second-order valence-electron chi connectivity index (χ2n) is 9.12. The molecule has 1 unspecified atom stereocenters. The van der Waals surface area contributed by atoms with Crippen molar-refractivity contribution in [2.24, 2.45) is 5.41 Å². The van der Waals surface area contributed by atoms with Crippen molar-refractivity contribution in [1.29, 1.82) is 0 Å². The molecule has 0 bridgehead atoms. The summed E-state index contributed by atoms with van der Waals surface area (Å²) >= 11 is 0. The number of sulfonamides is 1. The molecular formula is C20H28FN7O2S. The lowest BCUT2D eigenvalue weighted by atomic mass is 9.77. The van der Waals surface area contributed by atoms with Gasteiger partial charge in [-0.2, -0.15) is 0 Å². The summed E-state index contributed by atoms with van der Waals surface area (Å²) in [4.78, 5) is 16.0. The van der Waals surface area contributed by atoms with Crippen molar-refractivity contribution in [3.05, 3.63) is 18.0 Å². The van der Waals surface area contributed by atoms with E-state index in [1.54, 1.807) is 6.20 Å². The van der Waals surface area contributed by atoms with Crippen LogP contribution in [0.5, 0.6) is 0 Å². The van der Waals surface area contributed by atoms with E-state index in [4.69, 9.17) is 9.97 Å². The Balaban J connectivity index is 1.35. The molecule has 5 rings (SSSR count). The van der Waals surface area contributed by atoms with E-state index in [-0.39, 0.29) is 11.5 Å². The number of anilines is 2. The summed E-state index contributed by atoms with van der Waals surface area (Å²) < 4.78 is 39.3. The fourth-order valence-electron chi connectivity index (χ4n) is 4.91. The first-order chi connectivity index (χ1) is 14.7. The zero-order chi connectivity index (χ0) is 21.8. The normalized spacial score (nSPS) is 24.6. The summed E-state index contributed by atoms with van der Waals surface area (Å²) in [5, 5.41) is 7.42. The number of aryl methyl sites for hydroxylation is 1. The Morgan fingerprint density at radius 2 is 2.00 bits per heavy atom. The highest BCUT2D eigenvalue weighted by Gasteiger charge is 2.53. The van der Waals surface area contributed by atoms with Gasteiger partial charge in [0.2, 0.25) is 16.0 Å². The predicted octanol–water partition coefficient (Wildman–Crippen LogP) is 0.917. The topological polar surface area (TPSA) is 103 Å². The zero-order valence-electron chi connectivity index (χ0n) is 17.8. The maximum absolute atomic E-state index is 14.3. The van der Waals surface area contributed by atoms with Crippen LogP contribution in [0.3, 0.4) is 0 Å². The van der Waals surface area contributed by atoms with Crippen molar-refractivity contribution in [1.82, 2.24) is 24.6 Å². The summed E-state index contributed by atoms with van der Waals surface area (Å²) in [7, 11) is -3.15. The summed E-state index contributed by atoms with van der Waals surface area (Å²) in [6.07, 6.45) is 3.61. The third kappa shape index (κ3) is 3.83. The van der Waals surface area contributed by atoms with Gasteiger partial charge in [0.25, 0.3) is 0 Å². The fourth-order valence-corrected chi connectivity index (χ4v) is 5.78. The second-order valence-corrected chi connectivity index (χ2v) is 11.1. The third-order valence-electron chi connectivity index (χ3n) is 6.71. The van der Waals surface area contributed by atoms with Gasteiger partial charge >= 0.3 is 0 Å². The summed E-state index contributed by atoms with van der Waals surface area (Å²) in [6, 6.07) is 2.07. The molecule has 11 heteroatoms. The van der Waals surface area contributed by atoms with E-state index in [1.807, 2.05) is 13.0 Å². The van der Waals surface area contributed by atoms with Gasteiger partial charge in [0.05, 0.1) is 11.7 Å². The number of piperidine rings is 1. The summed E-state index contributed by atoms with van der Waals surface area (Å²) in [5.41, 5.74) is 1.31. The molecule has 31 heavy (non-hydrogen) atoms. The maximum Gasteiger partial charge on any atom is 0.223 e. The van der Waals surface area contributed by atoms with Crippen LogP contribution in [-0.2, 0) is 10.0 Å². The lowest BCUT2D eigenvalue weighted by Gasteiger charge is -2.49. The first-order valence-corrected chi connectivity index (χ1v) is 12.5. The van der Waals surface area contributed by atoms with Crippen LogP contribution in [0.15, 0.2) is 12.3 Å². The molecule has 3 aliphatic heterocycles. The number of hydrogen-bond donors (Lipinski definition) is 2. The number of rotatable bonds is 4. The molecule has 5 heterocycles. The van der Waals surface area contributed by atoms with Crippen molar-refractivity contribution in [2.45, 2.75) is 32.0 Å². The van der Waals surface area contributed by atoms with Gasteiger partial charge < -0.3 is 15.5 Å². The molecule has 3 saturated heterocycles. The van der Waals surface area contributed by atoms with Crippen LogP contribution in [0.2, 0.25) is 0 Å². The largest absolute Gasteiger partial charge is 0.353 e. The van der Waals surface area contributed by atoms with E-state index < -0.39 is 16.2 Å². The van der Waals surface area contributed by atoms with E-state index in [9.17, 15) is 12.8 Å². The van der Waals surface area contributed by atoms with Gasteiger partial charge in [0.1, 0.15) is 11.7 Å². The standard InChI is InChI=1S/C20H28FN7O2S/c1-13-7-14-8-23-19(25-15-3-5-28(6-4-15)31(2,29)30)26-17(14)18(24-13)27-11-20(12-27)10-22-9-16(20)21/h7-8,15-16,22H,3-6,9-12H2,1-2H3,(H,23,25,26). The molecule has 2 aromatic heterocycles. The number of nitrogens with one attached hydrogen (secondary N) is 2. The quantitative estimate of drug-likeness (QED) is 0.710. The highest BCUT2D eigenvalue weighted by molar-refractivity contribution is 7.88. The Hall–Kier alpha value is -2.11. The van der Waals surface area contributed by atoms with Gasteiger partial charge in [-0.15, -0.1) is 0 Å². The number of aromatic nitrogens is 3. The minimum absolute atomic E-state index is 0.112. The van der Waals surface area contributed by atoms with E-state index >= 15 is 0 Å². The fraction of sp³-hybridized carbons (Fsp3) is 0.650. The Labute approximate surface area is 181 Å². The monoisotopic (exact) mass is 449 g/mol. The molecule has 168 valence electrons. The molecule has 2 aromatic rings. The number of fused-ring (bicyclic) bond motifs is 1. The average molecular weight is 450 g/mol. The van der Waals surface area contributed by atoms with E-state index in [2.05, 4.69) is 20.5 Å². The van der Waals surface area contributed by atoms with E-state index in [1.165, 1.54) is 10.6 Å². The summed E-state index contributed by atoms with van der Waals surface area (Å²) in [5.74, 6) is 1.29. The number of alkyl halides is 1. The Morgan fingerprint density at radius 3 is 2.65 bits per heavy atom. The molecule has 2 N–H and O–H groups in total. The average Bonchev–Trinajstić information content (AvgIpc) is 3.08. The Morgan fingerprint density at radius 1 is 1.26 bits per heavy atom. The van der Waals surface area contributed by atoms with E-state index in [0.717, 1.165) is 22.4 Å². The van der Waals surface area contributed by atoms with Crippen molar-refractivity contribution in [3.63, 3.8) is 0 Å². The predicted molar refractivity (Wildman–Crippen MR) is 118 cm³/mol. The lowest BCUT2D eigenvalue weighted by Crippen LogP contribution is -2.61. The van der Waals surface area contributed by atoms with Crippen LogP contribution in [0.4, 0.5) is 16.2 Å². The molecule has 0 saturated carbocycles. The molecular weight excluding hydrogens is 421 g/mol. The van der Waals surface area contributed by atoms with Crippen molar-refractivity contribution in [3.8, 4) is 0 Å². The van der Waals surface area contributed by atoms with Gasteiger partial charge in [0.15, 0.2) is 5.82 Å². The van der Waals surface area contributed by atoms with Gasteiger partial charge in [0, 0.05) is 62.6 Å². The first kappa shape index (κ1) is 20.8. The second kappa shape index (κ2) is 7.49. The summed E-state index contributed by atoms with van der Waals surface area (Å²) in [6.45, 7) is 5.30. The highest BCUT2D eigenvalue weighted by atomic mass is 32.2. The van der Waals surface area contributed by atoms with Gasteiger partial charge in [-0.1, -0.05) is 0 Å². The number of halogens is 1. The van der Waals surface area contributed by atoms with Crippen LogP contribution in [0.25, 0.3) is 10.9 Å². The van der Waals surface area contributed by atoms with Gasteiger partial charge in [-0.05, 0) is 25.8 Å². The zero-order valence-corrected chi connectivity index (χ0v) is 18.6. The molecule has 0 amide bonds. The van der Waals surface area contributed by atoms with Crippen molar-refractivity contribution < 1.29 is 12.8 Å². The molecule has 3 aliphatic rings. The Bertz CT molecular complexity index is 1100. The first-order valence-electron chi connectivity index (χ1n) is 10.7. The van der Waals surface area contributed by atoms with Crippen LogP contribution in [0.1, 0.15) is 18.5 Å². The molecule has 1 spiro atoms. The molecule has 1 atom stereocenters. The SMILES string of the molecule is Cc1cc2cnc(NC3CCN(S(C)(=O)=O)CC3)nc2c(N2CC3(CNCC3F)C2)n1. The van der Waals surface area contributed by atoms with Gasteiger partial charge in [-0.25, -0.2) is 32.1 Å². The number of hydrogen-bond acceptors (Lipinski definition) is 8. The molecule has 9 nitrogen and oxygen atoms in total. The van der Waals surface area contributed by atoms with Crippen molar-refractivity contribution >= 4 is 32.7 Å². The number of nitrogens with zero attached hydrogens (tertiary/aromatic N) is 5. The van der Waals surface area contributed by atoms with Crippen LogP contribution in [0, 0.1) is 12.3 Å². The van der Waals surface area contributed by atoms with Crippen LogP contribution < -0.4 is 15.5 Å². The highest BCUT2D eigenvalue weighted by Crippen LogP contribution is 2.41.